The molecule has 0 aromatic heterocycles. The number of rotatable bonds is 5. The fourth-order valence-electron chi connectivity index (χ4n) is 1.34. The second-order valence-corrected chi connectivity index (χ2v) is 4.00. The van der Waals surface area contributed by atoms with Crippen molar-refractivity contribution in [3.63, 3.8) is 0 Å². The summed E-state index contributed by atoms with van der Waals surface area (Å²) >= 11 is 0. The van der Waals surface area contributed by atoms with Crippen LogP contribution in [0.2, 0.25) is 0 Å². The maximum Gasteiger partial charge on any atom is 0.413 e. The van der Waals surface area contributed by atoms with Crippen LogP contribution in [0.1, 0.15) is 18.9 Å². The molecule has 1 aromatic rings. The van der Waals surface area contributed by atoms with Crippen LogP contribution in [0, 0.1) is 6.92 Å². The Hall–Kier alpha value is -2.17. The van der Waals surface area contributed by atoms with Gasteiger partial charge in [-0.3, -0.25) is 4.79 Å². The molecule has 0 aliphatic heterocycles. The molecule has 1 unspecified atom stereocenters. The highest BCUT2D eigenvalue weighted by Crippen LogP contribution is 2.11. The van der Waals surface area contributed by atoms with E-state index in [0.29, 0.717) is 12.0 Å². The predicted molar refractivity (Wildman–Crippen MR) is 65.5 cm³/mol. The summed E-state index contributed by atoms with van der Waals surface area (Å²) < 4.78 is 4.96. The maximum atomic E-state index is 11.4. The molecule has 0 heterocycles. The number of ether oxygens (including phenoxy) is 1. The van der Waals surface area contributed by atoms with Gasteiger partial charge in [-0.25, -0.2) is 4.79 Å². The summed E-state index contributed by atoms with van der Waals surface area (Å²) in [5.41, 5.74) is 1.05. The first-order valence-electron chi connectivity index (χ1n) is 5.51. The van der Waals surface area contributed by atoms with Gasteiger partial charge in [0.2, 0.25) is 0 Å². The molecule has 1 rings (SSSR count). The molecular formula is C13H15NO4. The Labute approximate surface area is 105 Å². The number of benzene rings is 1. The van der Waals surface area contributed by atoms with Gasteiger partial charge >= 0.3 is 6.09 Å². The standard InChI is InChI=1S/C13H15NO4/c1-9-3-5-12(6-4-9)18-13(17)14-11(8-15)7-10(2)16/h3-6,8,11H,7H2,1-2H3,(H,14,17). The number of carbonyl (C=O) groups is 3. The number of amides is 1. The molecule has 0 fully saturated rings. The Balaban J connectivity index is 2.52. The maximum absolute atomic E-state index is 11.4. The van der Waals surface area contributed by atoms with E-state index in [4.69, 9.17) is 4.74 Å². The van der Waals surface area contributed by atoms with Gasteiger partial charge < -0.3 is 14.8 Å². The predicted octanol–water partition coefficient (Wildman–Crippen LogP) is 1.63. The summed E-state index contributed by atoms with van der Waals surface area (Å²) in [7, 11) is 0. The van der Waals surface area contributed by atoms with E-state index in [2.05, 4.69) is 5.32 Å². The van der Waals surface area contributed by atoms with Gasteiger partial charge in [-0.05, 0) is 26.0 Å². The van der Waals surface area contributed by atoms with Crippen molar-refractivity contribution in [3.8, 4) is 5.75 Å². The number of nitrogens with one attached hydrogen (secondary N) is 1. The van der Waals surface area contributed by atoms with Crippen molar-refractivity contribution in [3.05, 3.63) is 29.8 Å². The van der Waals surface area contributed by atoms with Crippen molar-refractivity contribution in [2.45, 2.75) is 26.3 Å². The van der Waals surface area contributed by atoms with Gasteiger partial charge in [-0.1, -0.05) is 17.7 Å². The summed E-state index contributed by atoms with van der Waals surface area (Å²) in [4.78, 5) is 32.9. The topological polar surface area (TPSA) is 72.5 Å². The highest BCUT2D eigenvalue weighted by Gasteiger charge is 2.14. The largest absolute Gasteiger partial charge is 0.413 e. The molecule has 1 amide bonds. The van der Waals surface area contributed by atoms with E-state index < -0.39 is 12.1 Å². The fourth-order valence-corrected chi connectivity index (χ4v) is 1.34. The van der Waals surface area contributed by atoms with E-state index in [0.717, 1.165) is 5.56 Å². The lowest BCUT2D eigenvalue weighted by Crippen LogP contribution is -2.39. The number of ketones is 1. The molecule has 5 nitrogen and oxygen atoms in total. The van der Waals surface area contributed by atoms with Crippen LogP contribution >= 0.6 is 0 Å². The monoisotopic (exact) mass is 249 g/mol. The first-order chi connectivity index (χ1) is 8.51. The minimum atomic E-state index is -0.847. The lowest BCUT2D eigenvalue weighted by molar-refractivity contribution is -0.119. The van der Waals surface area contributed by atoms with Crippen LogP contribution in [-0.2, 0) is 9.59 Å². The molecule has 1 aromatic carbocycles. The molecule has 0 aliphatic rings. The summed E-state index contributed by atoms with van der Waals surface area (Å²) in [6, 6.07) is 6.05. The van der Waals surface area contributed by atoms with Gasteiger partial charge in [0.15, 0.2) is 0 Å². The fraction of sp³-hybridized carbons (Fsp3) is 0.308. The Morgan fingerprint density at radius 3 is 2.44 bits per heavy atom. The Kier molecular flexibility index (Phi) is 5.05. The van der Waals surface area contributed by atoms with Gasteiger partial charge in [-0.2, -0.15) is 0 Å². The number of aryl methyl sites for hydroxylation is 1. The van der Waals surface area contributed by atoms with Crippen LogP contribution in [0.15, 0.2) is 24.3 Å². The molecule has 96 valence electrons. The van der Waals surface area contributed by atoms with Crippen LogP contribution < -0.4 is 10.1 Å². The normalized spacial score (nSPS) is 11.4. The molecule has 0 saturated carbocycles. The van der Waals surface area contributed by atoms with Crippen molar-refractivity contribution >= 4 is 18.2 Å². The summed E-state index contributed by atoms with van der Waals surface area (Å²) in [6.07, 6.45) is -0.276. The second kappa shape index (κ2) is 6.54. The third kappa shape index (κ3) is 4.78. The highest BCUT2D eigenvalue weighted by atomic mass is 16.6. The third-order valence-corrected chi connectivity index (χ3v) is 2.21. The lowest BCUT2D eigenvalue weighted by atomic mass is 10.2. The minimum Gasteiger partial charge on any atom is -0.410 e. The van der Waals surface area contributed by atoms with E-state index >= 15 is 0 Å². The van der Waals surface area contributed by atoms with Crippen LogP contribution in [0.4, 0.5) is 4.79 Å². The van der Waals surface area contributed by atoms with Crippen molar-refractivity contribution in [1.82, 2.24) is 5.32 Å². The van der Waals surface area contributed by atoms with Crippen molar-refractivity contribution in [2.75, 3.05) is 0 Å². The summed E-state index contributed by atoms with van der Waals surface area (Å²) in [6.45, 7) is 3.27. The average molecular weight is 249 g/mol. The molecular weight excluding hydrogens is 234 g/mol. The highest BCUT2D eigenvalue weighted by molar-refractivity contribution is 5.82. The first kappa shape index (κ1) is 13.9. The number of Topliss-reactive ketones (excluding diaryl/α,β-unsaturated/α-hetero) is 1. The number of hydrogen-bond acceptors (Lipinski definition) is 4. The van der Waals surface area contributed by atoms with E-state index in [1.807, 2.05) is 6.92 Å². The van der Waals surface area contributed by atoms with Gasteiger partial charge in [0.1, 0.15) is 17.8 Å². The van der Waals surface area contributed by atoms with Crippen molar-refractivity contribution in [1.29, 1.82) is 0 Å². The zero-order valence-electron chi connectivity index (χ0n) is 10.3. The zero-order chi connectivity index (χ0) is 13.5. The second-order valence-electron chi connectivity index (χ2n) is 4.00. The molecule has 1 N–H and O–H groups in total. The molecule has 1 atom stereocenters. The van der Waals surface area contributed by atoms with Gasteiger partial charge in [0, 0.05) is 6.42 Å². The van der Waals surface area contributed by atoms with E-state index in [9.17, 15) is 14.4 Å². The average Bonchev–Trinajstić information content (AvgIpc) is 2.30. The van der Waals surface area contributed by atoms with Gasteiger partial charge in [0.25, 0.3) is 0 Å². The quantitative estimate of drug-likeness (QED) is 0.805. The Morgan fingerprint density at radius 1 is 1.33 bits per heavy atom. The summed E-state index contributed by atoms with van der Waals surface area (Å²) in [5, 5.41) is 2.31. The Bertz CT molecular complexity index is 439. The van der Waals surface area contributed by atoms with Crippen LogP contribution in [0.5, 0.6) is 5.75 Å². The minimum absolute atomic E-state index is 0.0352. The number of aldehydes is 1. The molecule has 0 spiro atoms. The van der Waals surface area contributed by atoms with E-state index in [1.54, 1.807) is 24.3 Å². The molecule has 0 bridgehead atoms. The summed E-state index contributed by atoms with van der Waals surface area (Å²) in [5.74, 6) is 0.202. The van der Waals surface area contributed by atoms with E-state index in [1.165, 1.54) is 6.92 Å². The number of hydrogen-bond donors (Lipinski definition) is 1. The van der Waals surface area contributed by atoms with Crippen molar-refractivity contribution < 1.29 is 19.1 Å². The molecule has 18 heavy (non-hydrogen) atoms. The first-order valence-corrected chi connectivity index (χ1v) is 5.51. The molecule has 0 radical (unpaired) electrons. The molecule has 5 heteroatoms. The van der Waals surface area contributed by atoms with Gasteiger partial charge in [-0.15, -0.1) is 0 Å². The van der Waals surface area contributed by atoms with Crippen LogP contribution in [-0.4, -0.2) is 24.2 Å². The van der Waals surface area contributed by atoms with Crippen LogP contribution in [0.3, 0.4) is 0 Å². The van der Waals surface area contributed by atoms with E-state index in [-0.39, 0.29) is 12.2 Å². The van der Waals surface area contributed by atoms with Crippen molar-refractivity contribution in [2.24, 2.45) is 0 Å². The third-order valence-electron chi connectivity index (χ3n) is 2.21. The molecule has 0 saturated heterocycles. The number of carbonyl (C=O) groups excluding carboxylic acids is 3. The van der Waals surface area contributed by atoms with Crippen LogP contribution in [0.25, 0.3) is 0 Å². The Morgan fingerprint density at radius 2 is 1.94 bits per heavy atom. The van der Waals surface area contributed by atoms with Gasteiger partial charge in [0.05, 0.1) is 6.04 Å². The zero-order valence-corrected chi connectivity index (χ0v) is 10.3. The SMILES string of the molecule is CC(=O)CC(C=O)NC(=O)Oc1ccc(C)cc1. The smallest absolute Gasteiger partial charge is 0.410 e. The lowest BCUT2D eigenvalue weighted by Gasteiger charge is -2.11. The molecule has 0 aliphatic carbocycles.